The van der Waals surface area contributed by atoms with E-state index < -0.39 is 18.0 Å². The molecule has 1 N–H and O–H groups in total. The van der Waals surface area contributed by atoms with Crippen LogP contribution in [0.2, 0.25) is 0 Å². The van der Waals surface area contributed by atoms with Crippen molar-refractivity contribution in [3.05, 3.63) is 12.2 Å². The number of carbonyl (C=O) groups is 3. The van der Waals surface area contributed by atoms with Crippen LogP contribution >= 0.6 is 0 Å². The van der Waals surface area contributed by atoms with E-state index in [0.29, 0.717) is 12.8 Å². The summed E-state index contributed by atoms with van der Waals surface area (Å²) < 4.78 is 9.58. The summed E-state index contributed by atoms with van der Waals surface area (Å²) in [7, 11) is 0. The molecule has 112 valence electrons. The average Bonchev–Trinajstić information content (AvgIpc) is 2.45. The van der Waals surface area contributed by atoms with Gasteiger partial charge in [0.25, 0.3) is 0 Å². The van der Waals surface area contributed by atoms with Crippen LogP contribution in [-0.4, -0.2) is 37.1 Å². The van der Waals surface area contributed by atoms with E-state index in [1.165, 1.54) is 0 Å². The predicted octanol–water partition coefficient (Wildman–Crippen LogP) is 0.954. The molecule has 0 bridgehead atoms. The Bertz CT molecular complexity index is 373. The van der Waals surface area contributed by atoms with Crippen LogP contribution in [0.5, 0.6) is 0 Å². The number of hydrogen-bond acceptors (Lipinski definition) is 5. The van der Waals surface area contributed by atoms with Crippen LogP contribution in [0.25, 0.3) is 0 Å². The second kappa shape index (κ2) is 8.35. The third-order valence-electron chi connectivity index (χ3n) is 2.97. The van der Waals surface area contributed by atoms with Crippen molar-refractivity contribution >= 4 is 17.8 Å². The maximum Gasteiger partial charge on any atom is 0.340 e. The molecule has 0 aliphatic heterocycles. The van der Waals surface area contributed by atoms with Crippen molar-refractivity contribution in [3.63, 3.8) is 0 Å². The average molecular weight is 283 g/mol. The molecular weight excluding hydrogens is 262 g/mol. The molecule has 1 unspecified atom stereocenters. The molecule has 0 saturated carbocycles. The van der Waals surface area contributed by atoms with E-state index in [1.54, 1.807) is 13.8 Å². The van der Waals surface area contributed by atoms with Gasteiger partial charge in [0.2, 0.25) is 11.9 Å². The number of ether oxygens (including phenoxy) is 2. The van der Waals surface area contributed by atoms with Crippen LogP contribution in [0.4, 0.5) is 0 Å². The Kier molecular flexibility index (Phi) is 6.76. The molecule has 1 atom stereocenters. The Morgan fingerprint density at radius 3 is 2.20 bits per heavy atom. The van der Waals surface area contributed by atoms with E-state index in [4.69, 9.17) is 9.47 Å². The van der Waals surface area contributed by atoms with Gasteiger partial charge in [-0.2, -0.15) is 0 Å². The largest absolute Gasteiger partial charge is 0.464 e. The molecule has 0 aromatic heterocycles. The van der Waals surface area contributed by atoms with Gasteiger partial charge in [-0.15, -0.1) is 0 Å². The van der Waals surface area contributed by atoms with Crippen molar-refractivity contribution in [2.75, 3.05) is 13.2 Å². The maximum atomic E-state index is 12.1. The van der Waals surface area contributed by atoms with E-state index in [2.05, 4.69) is 5.32 Å². The zero-order valence-electron chi connectivity index (χ0n) is 11.9. The third kappa shape index (κ3) is 4.68. The topological polar surface area (TPSA) is 81.7 Å². The van der Waals surface area contributed by atoms with Gasteiger partial charge in [-0.3, -0.25) is 4.79 Å². The first kappa shape index (κ1) is 16.2. The molecule has 0 heterocycles. The van der Waals surface area contributed by atoms with Gasteiger partial charge in [0, 0.05) is 5.92 Å². The van der Waals surface area contributed by atoms with E-state index in [9.17, 15) is 14.4 Å². The normalized spacial score (nSPS) is 17.6. The summed E-state index contributed by atoms with van der Waals surface area (Å²) in [6.45, 7) is 3.54. The van der Waals surface area contributed by atoms with Crippen molar-refractivity contribution in [1.29, 1.82) is 0 Å². The van der Waals surface area contributed by atoms with Crippen molar-refractivity contribution in [2.24, 2.45) is 5.92 Å². The molecule has 0 saturated heterocycles. The summed E-state index contributed by atoms with van der Waals surface area (Å²) in [5.74, 6) is -2.11. The van der Waals surface area contributed by atoms with Gasteiger partial charge < -0.3 is 14.8 Å². The van der Waals surface area contributed by atoms with Crippen molar-refractivity contribution < 1.29 is 23.9 Å². The highest BCUT2D eigenvalue weighted by atomic mass is 16.6. The highest BCUT2D eigenvalue weighted by Gasteiger charge is 2.33. The van der Waals surface area contributed by atoms with Crippen LogP contribution in [0.3, 0.4) is 0 Å². The van der Waals surface area contributed by atoms with Gasteiger partial charge in [0.05, 0.1) is 13.2 Å². The molecular formula is C14H21NO5. The van der Waals surface area contributed by atoms with Crippen LogP contribution in [0.15, 0.2) is 12.2 Å². The van der Waals surface area contributed by atoms with Crippen molar-refractivity contribution in [1.82, 2.24) is 5.32 Å². The minimum absolute atomic E-state index is 0.136. The van der Waals surface area contributed by atoms with Gasteiger partial charge in [-0.05, 0) is 33.1 Å². The lowest BCUT2D eigenvalue weighted by Gasteiger charge is -2.21. The molecule has 20 heavy (non-hydrogen) atoms. The van der Waals surface area contributed by atoms with E-state index in [1.807, 2.05) is 12.2 Å². The number of rotatable bonds is 6. The number of allylic oxidation sites excluding steroid dienone is 2. The van der Waals surface area contributed by atoms with E-state index >= 15 is 0 Å². The summed E-state index contributed by atoms with van der Waals surface area (Å²) in [6.07, 6.45) is 6.09. The number of amides is 1. The fraction of sp³-hybridized carbons (Fsp3) is 0.643. The number of nitrogens with one attached hydrogen (secondary N) is 1. The van der Waals surface area contributed by atoms with Gasteiger partial charge in [-0.25, -0.2) is 9.59 Å². The fourth-order valence-corrected chi connectivity index (χ4v) is 1.96. The summed E-state index contributed by atoms with van der Waals surface area (Å²) in [6, 6.07) is -1.38. The third-order valence-corrected chi connectivity index (χ3v) is 2.97. The highest BCUT2D eigenvalue weighted by Crippen LogP contribution is 2.18. The lowest BCUT2D eigenvalue weighted by atomic mass is 9.93. The summed E-state index contributed by atoms with van der Waals surface area (Å²) >= 11 is 0. The van der Waals surface area contributed by atoms with Gasteiger partial charge in [0.15, 0.2) is 0 Å². The number of esters is 2. The minimum atomic E-state index is -1.38. The Balaban J connectivity index is 2.67. The van der Waals surface area contributed by atoms with Gasteiger partial charge in [0.1, 0.15) is 0 Å². The Morgan fingerprint density at radius 2 is 1.75 bits per heavy atom. The monoisotopic (exact) mass is 283 g/mol. The molecule has 1 amide bonds. The van der Waals surface area contributed by atoms with E-state index in [-0.39, 0.29) is 25.0 Å². The first-order valence-electron chi connectivity index (χ1n) is 6.88. The SMILES string of the molecule is CCOC(=O)C(NC(=O)C1CC=CCC1)C(=O)OCC. The van der Waals surface area contributed by atoms with Crippen LogP contribution in [0, 0.1) is 5.92 Å². The molecule has 0 radical (unpaired) electrons. The Labute approximate surface area is 118 Å². The van der Waals surface area contributed by atoms with Crippen molar-refractivity contribution in [2.45, 2.75) is 39.2 Å². The summed E-state index contributed by atoms with van der Waals surface area (Å²) in [5, 5.41) is 2.43. The molecule has 0 aromatic carbocycles. The maximum absolute atomic E-state index is 12.1. The highest BCUT2D eigenvalue weighted by molar-refractivity contribution is 6.02. The van der Waals surface area contributed by atoms with Crippen LogP contribution < -0.4 is 5.32 Å². The summed E-state index contributed by atoms with van der Waals surface area (Å²) in [4.78, 5) is 35.5. The van der Waals surface area contributed by atoms with Gasteiger partial charge >= 0.3 is 11.9 Å². The lowest BCUT2D eigenvalue weighted by Crippen LogP contribution is -2.50. The first-order chi connectivity index (χ1) is 9.60. The fourth-order valence-electron chi connectivity index (χ4n) is 1.96. The zero-order chi connectivity index (χ0) is 15.0. The second-order valence-corrected chi connectivity index (χ2v) is 4.43. The smallest absolute Gasteiger partial charge is 0.340 e. The predicted molar refractivity (Wildman–Crippen MR) is 71.7 cm³/mol. The molecule has 1 aliphatic carbocycles. The minimum Gasteiger partial charge on any atom is -0.464 e. The molecule has 6 nitrogen and oxygen atoms in total. The molecule has 6 heteroatoms. The second-order valence-electron chi connectivity index (χ2n) is 4.43. The first-order valence-corrected chi connectivity index (χ1v) is 6.88. The van der Waals surface area contributed by atoms with E-state index in [0.717, 1.165) is 6.42 Å². The Morgan fingerprint density at radius 1 is 1.15 bits per heavy atom. The zero-order valence-corrected chi connectivity index (χ0v) is 11.9. The molecule has 0 aromatic rings. The number of hydrogen-bond donors (Lipinski definition) is 1. The standard InChI is InChI=1S/C14H21NO5/c1-3-19-13(17)11(14(18)20-4-2)15-12(16)10-8-6-5-7-9-10/h5-6,10-11H,3-4,7-9H2,1-2H3,(H,15,16). The molecule has 0 fully saturated rings. The Hall–Kier alpha value is -1.85. The van der Waals surface area contributed by atoms with Crippen LogP contribution in [0.1, 0.15) is 33.1 Å². The lowest BCUT2D eigenvalue weighted by molar-refractivity contribution is -0.160. The van der Waals surface area contributed by atoms with Crippen molar-refractivity contribution in [3.8, 4) is 0 Å². The number of carbonyl (C=O) groups excluding carboxylic acids is 3. The quantitative estimate of drug-likeness (QED) is 0.446. The van der Waals surface area contributed by atoms with Crippen LogP contribution in [-0.2, 0) is 23.9 Å². The molecule has 1 aliphatic rings. The molecule has 0 spiro atoms. The van der Waals surface area contributed by atoms with Gasteiger partial charge in [-0.1, -0.05) is 12.2 Å². The molecule has 1 rings (SSSR count). The summed E-state index contributed by atoms with van der Waals surface area (Å²) in [5.41, 5.74) is 0.